The number of anilines is 3. The number of fused-ring (bicyclic) bond motifs is 12. The van der Waals surface area contributed by atoms with E-state index in [1.807, 2.05) is 0 Å². The van der Waals surface area contributed by atoms with Gasteiger partial charge in [0.1, 0.15) is 5.54 Å². The summed E-state index contributed by atoms with van der Waals surface area (Å²) in [5.41, 5.74) is 22.2. The summed E-state index contributed by atoms with van der Waals surface area (Å²) >= 11 is 0. The van der Waals surface area contributed by atoms with Gasteiger partial charge in [-0.1, -0.05) is 198 Å². The fourth-order valence-corrected chi connectivity index (χ4v) is 12.3. The van der Waals surface area contributed by atoms with Crippen molar-refractivity contribution in [3.05, 3.63) is 245 Å². The molecule has 0 amide bonds. The lowest BCUT2D eigenvalue weighted by atomic mass is 9.80. The molecule has 2 heteroatoms. The molecule has 0 spiro atoms. The molecular weight excluding hydrogens is 761 g/mol. The van der Waals surface area contributed by atoms with Crippen molar-refractivity contribution in [1.82, 2.24) is 4.57 Å². The maximum absolute atomic E-state index is 2.66. The van der Waals surface area contributed by atoms with Gasteiger partial charge >= 0.3 is 0 Å². The quantitative estimate of drug-likeness (QED) is 0.168. The van der Waals surface area contributed by atoms with Crippen molar-refractivity contribution in [2.75, 3.05) is 4.90 Å². The van der Waals surface area contributed by atoms with Crippen LogP contribution in [0.3, 0.4) is 0 Å². The van der Waals surface area contributed by atoms with E-state index in [1.54, 1.807) is 0 Å². The van der Waals surface area contributed by atoms with Gasteiger partial charge in [0.15, 0.2) is 0 Å². The number of hydrogen-bond acceptors (Lipinski definition) is 1. The third-order valence-corrected chi connectivity index (χ3v) is 15.0. The third-order valence-electron chi connectivity index (χ3n) is 15.0. The molecule has 10 aromatic rings. The highest BCUT2D eigenvalue weighted by molar-refractivity contribution is 6.11. The van der Waals surface area contributed by atoms with Gasteiger partial charge < -0.3 is 9.47 Å². The van der Waals surface area contributed by atoms with Crippen LogP contribution in [0, 0.1) is 0 Å². The maximum Gasteiger partial charge on any atom is 0.122 e. The van der Waals surface area contributed by atoms with Crippen LogP contribution in [-0.2, 0) is 16.4 Å². The van der Waals surface area contributed by atoms with Crippen LogP contribution in [0.4, 0.5) is 17.1 Å². The zero-order valence-corrected chi connectivity index (χ0v) is 36.0. The molecule has 0 saturated heterocycles. The molecule has 3 aliphatic carbocycles. The summed E-state index contributed by atoms with van der Waals surface area (Å²) in [7, 11) is 0. The van der Waals surface area contributed by atoms with Crippen LogP contribution >= 0.6 is 0 Å². The van der Waals surface area contributed by atoms with E-state index in [9.17, 15) is 0 Å². The summed E-state index contributed by atoms with van der Waals surface area (Å²) in [5, 5.41) is 2.47. The zero-order valence-electron chi connectivity index (χ0n) is 36.0. The molecular formula is C61H46N2. The van der Waals surface area contributed by atoms with Crippen LogP contribution in [-0.4, -0.2) is 4.57 Å². The predicted octanol–water partition coefficient (Wildman–Crippen LogP) is 15.7. The van der Waals surface area contributed by atoms with Crippen LogP contribution in [0.2, 0.25) is 0 Å². The smallest absolute Gasteiger partial charge is 0.122 e. The van der Waals surface area contributed by atoms with Crippen molar-refractivity contribution < 1.29 is 0 Å². The van der Waals surface area contributed by atoms with Crippen LogP contribution in [0.1, 0.15) is 66.6 Å². The van der Waals surface area contributed by atoms with Crippen molar-refractivity contribution in [1.29, 1.82) is 0 Å². The Morgan fingerprint density at radius 1 is 0.349 bits per heavy atom. The van der Waals surface area contributed by atoms with Crippen molar-refractivity contribution in [3.63, 3.8) is 0 Å². The first-order chi connectivity index (χ1) is 30.8. The van der Waals surface area contributed by atoms with Gasteiger partial charge in [-0.05, 0) is 97.6 Å². The van der Waals surface area contributed by atoms with E-state index in [1.165, 1.54) is 106 Å². The lowest BCUT2D eigenvalue weighted by molar-refractivity contribution is 0.564. The number of nitrogens with zero attached hydrogens (tertiary/aromatic N) is 2. The van der Waals surface area contributed by atoms with Crippen LogP contribution in [0.15, 0.2) is 206 Å². The Bertz CT molecular complexity index is 3370. The normalized spacial score (nSPS) is 15.4. The SMILES string of the molecule is CC1(C)c2ccccc2-c2c(N(c3ccc4c(c3)c3ccccc3n4C3(c4ccccc4)c4ccccc4-c4ccccc43)c3cccc4c3-c3ccccc3C4(C)C)cccc21. The molecule has 0 atom stereocenters. The lowest BCUT2D eigenvalue weighted by Gasteiger charge is -2.36. The lowest BCUT2D eigenvalue weighted by Crippen LogP contribution is -2.35. The number of hydrogen-bond donors (Lipinski definition) is 0. The van der Waals surface area contributed by atoms with E-state index in [0.29, 0.717) is 0 Å². The Hall–Kier alpha value is -7.42. The summed E-state index contributed by atoms with van der Waals surface area (Å²) in [6, 6.07) is 77.7. The molecule has 63 heavy (non-hydrogen) atoms. The molecule has 0 N–H and O–H groups in total. The highest BCUT2D eigenvalue weighted by atomic mass is 15.2. The van der Waals surface area contributed by atoms with Crippen molar-refractivity contribution in [2.45, 2.75) is 44.1 Å². The molecule has 1 aromatic heterocycles. The largest absolute Gasteiger partial charge is 0.322 e. The fraction of sp³-hybridized carbons (Fsp3) is 0.115. The van der Waals surface area contributed by atoms with Gasteiger partial charge in [-0.25, -0.2) is 0 Å². The van der Waals surface area contributed by atoms with Gasteiger partial charge in [0.25, 0.3) is 0 Å². The molecule has 2 nitrogen and oxygen atoms in total. The Balaban J connectivity index is 1.14. The highest BCUT2D eigenvalue weighted by Gasteiger charge is 2.48. The van der Waals surface area contributed by atoms with Crippen molar-refractivity contribution >= 4 is 38.9 Å². The molecule has 0 fully saturated rings. The molecule has 0 unspecified atom stereocenters. The summed E-state index contributed by atoms with van der Waals surface area (Å²) in [4.78, 5) is 2.59. The summed E-state index contributed by atoms with van der Waals surface area (Å²) in [6.07, 6.45) is 0. The molecule has 3 aliphatic rings. The van der Waals surface area contributed by atoms with E-state index in [4.69, 9.17) is 0 Å². The van der Waals surface area contributed by atoms with Crippen molar-refractivity contribution in [3.8, 4) is 33.4 Å². The van der Waals surface area contributed by atoms with E-state index in [0.717, 1.165) is 5.69 Å². The second kappa shape index (κ2) is 12.8. The first kappa shape index (κ1) is 36.3. The molecule has 9 aromatic carbocycles. The minimum absolute atomic E-state index is 0.141. The third kappa shape index (κ3) is 4.63. The van der Waals surface area contributed by atoms with Gasteiger partial charge in [-0.15, -0.1) is 0 Å². The fourth-order valence-electron chi connectivity index (χ4n) is 12.3. The van der Waals surface area contributed by atoms with Gasteiger partial charge in [-0.2, -0.15) is 0 Å². The first-order valence-electron chi connectivity index (χ1n) is 22.4. The minimum atomic E-state index is -0.609. The molecule has 1 heterocycles. The van der Waals surface area contributed by atoms with E-state index in [-0.39, 0.29) is 10.8 Å². The topological polar surface area (TPSA) is 8.17 Å². The van der Waals surface area contributed by atoms with Gasteiger partial charge in [-0.3, -0.25) is 0 Å². The molecule has 0 bridgehead atoms. The highest BCUT2D eigenvalue weighted by Crippen LogP contribution is 2.60. The van der Waals surface area contributed by atoms with Gasteiger partial charge in [0.05, 0.1) is 22.4 Å². The maximum atomic E-state index is 2.66. The molecule has 300 valence electrons. The van der Waals surface area contributed by atoms with Crippen LogP contribution in [0.25, 0.3) is 55.2 Å². The number of para-hydroxylation sites is 1. The minimum Gasteiger partial charge on any atom is -0.322 e. The van der Waals surface area contributed by atoms with Crippen LogP contribution < -0.4 is 4.90 Å². The van der Waals surface area contributed by atoms with E-state index in [2.05, 4.69) is 243 Å². The molecule has 0 saturated carbocycles. The molecule has 13 rings (SSSR count). The first-order valence-corrected chi connectivity index (χ1v) is 22.4. The number of benzene rings is 9. The summed E-state index contributed by atoms with van der Waals surface area (Å²) in [6.45, 7) is 9.53. The zero-order chi connectivity index (χ0) is 42.2. The Morgan fingerprint density at radius 2 is 0.794 bits per heavy atom. The van der Waals surface area contributed by atoms with E-state index >= 15 is 0 Å². The second-order valence-electron chi connectivity index (χ2n) is 18.8. The van der Waals surface area contributed by atoms with Gasteiger partial charge in [0, 0.05) is 38.4 Å². The Morgan fingerprint density at radius 3 is 1.37 bits per heavy atom. The number of rotatable bonds is 5. The van der Waals surface area contributed by atoms with E-state index < -0.39 is 5.54 Å². The Labute approximate surface area is 369 Å². The predicted molar refractivity (Wildman–Crippen MR) is 263 cm³/mol. The molecule has 0 radical (unpaired) electrons. The standard InChI is InChI=1S/C61H46N2/c1-59(2)47-27-13-10-25-44(47)57-51(59)31-18-34-55(57)62(56-35-19-32-52-58(56)45-26-11-14-28-48(45)60(52,3)4)40-36-37-54-46(38-40)43-24-12-17-33-53(43)63(54)61(39-20-6-5-7-21-39)49-29-15-8-22-41(49)42-23-9-16-30-50(42)61/h5-38H,1-4H3. The van der Waals surface area contributed by atoms with Crippen molar-refractivity contribution in [2.24, 2.45) is 0 Å². The number of aromatic nitrogens is 1. The molecule has 0 aliphatic heterocycles. The average molecular weight is 807 g/mol. The van der Waals surface area contributed by atoms with Gasteiger partial charge in [0.2, 0.25) is 0 Å². The van der Waals surface area contributed by atoms with Crippen LogP contribution in [0.5, 0.6) is 0 Å². The second-order valence-corrected chi connectivity index (χ2v) is 18.8. The average Bonchev–Trinajstić information content (AvgIpc) is 3.97. The summed E-state index contributed by atoms with van der Waals surface area (Å²) < 4.78 is 2.66. The summed E-state index contributed by atoms with van der Waals surface area (Å²) in [5.74, 6) is 0. The monoisotopic (exact) mass is 806 g/mol. The Kier molecular flexibility index (Phi) is 7.37.